The van der Waals surface area contributed by atoms with Gasteiger partial charge in [0.05, 0.1) is 13.1 Å². The van der Waals surface area contributed by atoms with Crippen molar-refractivity contribution in [2.45, 2.75) is 103 Å². The van der Waals surface area contributed by atoms with E-state index in [1.807, 2.05) is 41.5 Å². The van der Waals surface area contributed by atoms with Crippen molar-refractivity contribution in [2.75, 3.05) is 39.3 Å². The van der Waals surface area contributed by atoms with Gasteiger partial charge >= 0.3 is 0 Å². The number of halogens is 4. The quantitative estimate of drug-likeness (QED) is 0.262. The van der Waals surface area contributed by atoms with E-state index in [-0.39, 0.29) is 78.8 Å². The summed E-state index contributed by atoms with van der Waals surface area (Å²) in [5, 5.41) is 12.4. The molecule has 4 N–H and O–H groups in total. The number of benzene rings is 2. The molecule has 0 aromatic heterocycles. The van der Waals surface area contributed by atoms with E-state index in [2.05, 4.69) is 31.1 Å². The average molecular weight is 792 g/mol. The third kappa shape index (κ3) is 11.8. The minimum atomic E-state index is -0.514. The maximum Gasteiger partial charge on any atom is 0.251 e. The fraction of sp³-hybridized carbons (Fsp3) is 0.600. The van der Waals surface area contributed by atoms with Crippen LogP contribution in [0.15, 0.2) is 36.4 Å². The van der Waals surface area contributed by atoms with Crippen LogP contribution in [0.5, 0.6) is 0 Å². The largest absolute Gasteiger partial charge is 0.350 e. The molecule has 4 fully saturated rings. The Hall–Kier alpha value is -3.32. The Morgan fingerprint density at radius 1 is 0.630 bits per heavy atom. The number of piperidine rings is 2. The molecular weight excluding hydrogens is 737 g/mol. The van der Waals surface area contributed by atoms with Gasteiger partial charge in [-0.25, -0.2) is 8.78 Å². The predicted molar refractivity (Wildman–Crippen MR) is 207 cm³/mol. The zero-order valence-electron chi connectivity index (χ0n) is 32.1. The van der Waals surface area contributed by atoms with Crippen molar-refractivity contribution in [1.29, 1.82) is 0 Å². The number of nitrogens with zero attached hydrogens (tertiary/aromatic N) is 2. The topological polar surface area (TPSA) is 123 Å². The van der Waals surface area contributed by atoms with Crippen molar-refractivity contribution in [3.63, 3.8) is 0 Å². The molecule has 2 heterocycles. The van der Waals surface area contributed by atoms with Crippen LogP contribution >= 0.6 is 23.2 Å². The molecule has 2 saturated heterocycles. The predicted octanol–water partition coefficient (Wildman–Crippen LogP) is 5.96. The Labute approximate surface area is 327 Å². The first-order chi connectivity index (χ1) is 25.1. The molecule has 2 aromatic carbocycles. The van der Waals surface area contributed by atoms with Crippen molar-refractivity contribution in [2.24, 2.45) is 10.8 Å². The van der Waals surface area contributed by atoms with Crippen LogP contribution in [0.25, 0.3) is 0 Å². The van der Waals surface area contributed by atoms with Crippen LogP contribution in [0.2, 0.25) is 10.0 Å². The molecule has 2 aliphatic carbocycles. The van der Waals surface area contributed by atoms with Crippen molar-refractivity contribution in [3.8, 4) is 0 Å². The lowest BCUT2D eigenvalue weighted by Gasteiger charge is -2.33. The number of likely N-dealkylation sites (tertiary alicyclic amines) is 2. The molecule has 2 saturated carbocycles. The van der Waals surface area contributed by atoms with Gasteiger partial charge in [0.25, 0.3) is 11.8 Å². The molecule has 54 heavy (non-hydrogen) atoms. The van der Waals surface area contributed by atoms with Crippen molar-refractivity contribution in [3.05, 3.63) is 69.2 Å². The Morgan fingerprint density at radius 3 is 1.26 bits per heavy atom. The van der Waals surface area contributed by atoms with Gasteiger partial charge in [0.15, 0.2) is 0 Å². The molecular formula is C40H54Cl2F2N6O4. The van der Waals surface area contributed by atoms with E-state index in [9.17, 15) is 28.0 Å². The molecule has 296 valence electrons. The van der Waals surface area contributed by atoms with E-state index in [0.717, 1.165) is 64.7 Å². The smallest absolute Gasteiger partial charge is 0.251 e. The number of carbonyl (C=O) groups excluding carboxylic acids is 4. The molecule has 2 aliphatic heterocycles. The van der Waals surface area contributed by atoms with Crippen LogP contribution in [0.3, 0.4) is 0 Å². The van der Waals surface area contributed by atoms with E-state index in [4.69, 9.17) is 23.2 Å². The molecule has 10 nitrogen and oxygen atoms in total. The second-order valence-corrected chi connectivity index (χ2v) is 18.5. The maximum absolute atomic E-state index is 13.4. The summed E-state index contributed by atoms with van der Waals surface area (Å²) in [6.45, 7) is 16.0. The van der Waals surface area contributed by atoms with E-state index >= 15 is 0 Å². The zero-order valence-corrected chi connectivity index (χ0v) is 33.7. The number of rotatable bonds is 8. The van der Waals surface area contributed by atoms with Crippen LogP contribution in [-0.2, 0) is 9.59 Å². The normalized spacial score (nSPS) is 21.7. The third-order valence-electron chi connectivity index (χ3n) is 10.7. The maximum atomic E-state index is 13.4. The molecule has 0 bridgehead atoms. The fourth-order valence-electron chi connectivity index (χ4n) is 7.70. The second-order valence-electron chi connectivity index (χ2n) is 17.6. The van der Waals surface area contributed by atoms with E-state index in [1.165, 1.54) is 36.4 Å². The van der Waals surface area contributed by atoms with Gasteiger partial charge in [-0.05, 0) is 153 Å². The van der Waals surface area contributed by atoms with Gasteiger partial charge in [-0.1, -0.05) is 23.2 Å². The molecule has 0 radical (unpaired) electrons. The first-order valence-corrected chi connectivity index (χ1v) is 19.5. The van der Waals surface area contributed by atoms with Gasteiger partial charge in [0.2, 0.25) is 11.8 Å². The van der Waals surface area contributed by atoms with Gasteiger partial charge in [-0.2, -0.15) is 0 Å². The van der Waals surface area contributed by atoms with Crippen LogP contribution in [0.1, 0.15) is 101 Å². The Kier molecular flexibility index (Phi) is 12.7. The lowest BCUT2D eigenvalue weighted by molar-refractivity contribution is -0.125. The van der Waals surface area contributed by atoms with E-state index < -0.39 is 11.6 Å². The monoisotopic (exact) mass is 790 g/mol. The average Bonchev–Trinajstić information content (AvgIpc) is 3.91. The Morgan fingerprint density at radius 2 is 0.963 bits per heavy atom. The highest BCUT2D eigenvalue weighted by molar-refractivity contribution is 6.31. The zero-order chi connectivity index (χ0) is 39.6. The first kappa shape index (κ1) is 41.8. The minimum Gasteiger partial charge on any atom is -0.350 e. The standard InChI is InChI=1S/2C20H27ClFN3O2/c2*1-19(2,3)24-17(26)12-25-6-4-20(5-7-25)11-16(20)23-18(27)13-8-14(21)10-15(22)9-13/h2*8-10,16H,4-7,11-12H2,1-3H3,(H,23,27)(H,24,26)/t2*16-/m10/s1. The minimum absolute atomic E-state index is 0.0436. The van der Waals surface area contributed by atoms with E-state index in [1.54, 1.807) is 0 Å². The lowest BCUT2D eigenvalue weighted by atomic mass is 9.92. The number of hydrogen-bond donors (Lipinski definition) is 4. The van der Waals surface area contributed by atoms with Gasteiger partial charge < -0.3 is 21.3 Å². The summed E-state index contributed by atoms with van der Waals surface area (Å²) in [5.74, 6) is -1.51. The highest BCUT2D eigenvalue weighted by atomic mass is 35.5. The van der Waals surface area contributed by atoms with Crippen LogP contribution in [0.4, 0.5) is 8.78 Å². The summed E-state index contributed by atoms with van der Waals surface area (Å²) in [6.07, 6.45) is 5.66. The molecule has 0 unspecified atom stereocenters. The SMILES string of the molecule is CC(C)(C)NC(=O)CN1CCC2(CC1)C[C@@H]2NC(=O)c1cc(F)cc(Cl)c1.CC(C)(C)NC(=O)CN1CCC2(CC1)C[C@H]2NC(=O)c1cc(F)cc(Cl)c1. The number of nitrogens with one attached hydrogen (secondary N) is 4. The highest BCUT2D eigenvalue weighted by Crippen LogP contribution is 2.54. The fourth-order valence-corrected chi connectivity index (χ4v) is 8.14. The molecule has 6 rings (SSSR count). The third-order valence-corrected chi connectivity index (χ3v) is 11.1. The summed E-state index contributed by atoms with van der Waals surface area (Å²) in [7, 11) is 0. The van der Waals surface area contributed by atoms with E-state index in [0.29, 0.717) is 13.1 Å². The molecule has 14 heteroatoms. The first-order valence-electron chi connectivity index (χ1n) is 18.7. The van der Waals surface area contributed by atoms with Crippen molar-refractivity contribution < 1.29 is 28.0 Å². The Bertz CT molecular complexity index is 1560. The van der Waals surface area contributed by atoms with Gasteiger partial charge in [0, 0.05) is 44.3 Å². The van der Waals surface area contributed by atoms with Crippen molar-refractivity contribution >= 4 is 46.8 Å². The summed E-state index contributed by atoms with van der Waals surface area (Å²) < 4.78 is 26.9. The van der Waals surface area contributed by atoms with Gasteiger partial charge in [-0.3, -0.25) is 29.0 Å². The summed E-state index contributed by atoms with van der Waals surface area (Å²) >= 11 is 11.7. The molecule has 2 aromatic rings. The van der Waals surface area contributed by atoms with Gasteiger partial charge in [-0.15, -0.1) is 0 Å². The summed E-state index contributed by atoms with van der Waals surface area (Å²) in [6, 6.07) is 7.94. The van der Waals surface area contributed by atoms with Crippen molar-refractivity contribution in [1.82, 2.24) is 31.1 Å². The van der Waals surface area contributed by atoms with Crippen LogP contribution in [-0.4, -0.2) is 95.9 Å². The van der Waals surface area contributed by atoms with Crippen LogP contribution < -0.4 is 21.3 Å². The molecule has 4 aliphatic rings. The second kappa shape index (κ2) is 16.4. The number of hydrogen-bond acceptors (Lipinski definition) is 6. The highest BCUT2D eigenvalue weighted by Gasteiger charge is 2.56. The Balaban J connectivity index is 0.000000208. The molecule has 2 atom stereocenters. The number of carbonyl (C=O) groups is 4. The molecule has 4 amide bonds. The lowest BCUT2D eigenvalue weighted by Crippen LogP contribution is -2.48. The summed E-state index contributed by atoms with van der Waals surface area (Å²) in [5.41, 5.74) is 0.282. The molecule has 2 spiro atoms. The summed E-state index contributed by atoms with van der Waals surface area (Å²) in [4.78, 5) is 53.2. The number of amides is 4. The van der Waals surface area contributed by atoms with Crippen LogP contribution in [0, 0.1) is 22.5 Å². The van der Waals surface area contributed by atoms with Gasteiger partial charge in [0.1, 0.15) is 11.6 Å².